The maximum absolute atomic E-state index is 12.7. The molecule has 2 heterocycles. The third-order valence-electron chi connectivity index (χ3n) is 3.74. The fraction of sp³-hybridized carbons (Fsp3) is 0.600. The van der Waals surface area contributed by atoms with Crippen LogP contribution in [0.4, 0.5) is 5.82 Å². The molecule has 0 aromatic carbocycles. The number of amides is 1. The smallest absolute Gasteiger partial charge is 0.274 e. The van der Waals surface area contributed by atoms with Gasteiger partial charge in [0.2, 0.25) is 0 Å². The highest BCUT2D eigenvalue weighted by Crippen LogP contribution is 2.27. The molecule has 1 fully saturated rings. The second-order valence-corrected chi connectivity index (χ2v) is 5.92. The van der Waals surface area contributed by atoms with Crippen LogP contribution in [-0.4, -0.2) is 34.9 Å². The van der Waals surface area contributed by atoms with E-state index in [1.807, 2.05) is 11.8 Å². The van der Waals surface area contributed by atoms with Crippen LogP contribution >= 0.6 is 11.6 Å². The van der Waals surface area contributed by atoms with Gasteiger partial charge >= 0.3 is 0 Å². The lowest BCUT2D eigenvalue weighted by Gasteiger charge is -2.27. The number of nitrogens with zero attached hydrogens (tertiary/aromatic N) is 2. The SMILES string of the molecule is CCNc1ccc(Cl)c(C(=O)N2CCCC2C(C)C)n1. The van der Waals surface area contributed by atoms with E-state index in [1.165, 1.54) is 0 Å². The Bertz CT molecular complexity index is 490. The monoisotopic (exact) mass is 295 g/mol. The van der Waals surface area contributed by atoms with Gasteiger partial charge in [0.1, 0.15) is 11.5 Å². The lowest BCUT2D eigenvalue weighted by atomic mass is 10.0. The molecule has 1 unspecified atom stereocenters. The van der Waals surface area contributed by atoms with Crippen LogP contribution in [0.25, 0.3) is 0 Å². The number of pyridine rings is 1. The zero-order chi connectivity index (χ0) is 14.7. The minimum atomic E-state index is -0.0500. The molecule has 2 rings (SSSR count). The van der Waals surface area contributed by atoms with Crippen molar-refractivity contribution in [1.29, 1.82) is 0 Å². The molecule has 1 atom stereocenters. The molecule has 1 N–H and O–H groups in total. The highest BCUT2D eigenvalue weighted by molar-refractivity contribution is 6.33. The first-order valence-electron chi connectivity index (χ1n) is 7.26. The molecular weight excluding hydrogens is 274 g/mol. The van der Waals surface area contributed by atoms with E-state index in [2.05, 4.69) is 24.1 Å². The van der Waals surface area contributed by atoms with Crippen molar-refractivity contribution >= 4 is 23.3 Å². The van der Waals surface area contributed by atoms with E-state index in [0.29, 0.717) is 28.5 Å². The summed E-state index contributed by atoms with van der Waals surface area (Å²) in [6, 6.07) is 3.83. The van der Waals surface area contributed by atoms with Gasteiger partial charge in [0.25, 0.3) is 5.91 Å². The molecule has 4 nitrogen and oxygen atoms in total. The van der Waals surface area contributed by atoms with Gasteiger partial charge in [0.15, 0.2) is 0 Å². The van der Waals surface area contributed by atoms with Crippen molar-refractivity contribution in [2.45, 2.75) is 39.7 Å². The normalized spacial score (nSPS) is 18.6. The zero-order valence-corrected chi connectivity index (χ0v) is 13.1. The third-order valence-corrected chi connectivity index (χ3v) is 4.04. The Morgan fingerprint density at radius 1 is 1.55 bits per heavy atom. The summed E-state index contributed by atoms with van der Waals surface area (Å²) < 4.78 is 0. The second kappa shape index (κ2) is 6.44. The predicted octanol–water partition coefficient (Wildman–Crippen LogP) is 3.43. The van der Waals surface area contributed by atoms with E-state index in [9.17, 15) is 4.79 Å². The highest BCUT2D eigenvalue weighted by Gasteiger charge is 2.32. The number of anilines is 1. The molecular formula is C15H22ClN3O. The maximum Gasteiger partial charge on any atom is 0.274 e. The number of carbonyl (C=O) groups excluding carboxylic acids is 1. The summed E-state index contributed by atoms with van der Waals surface area (Å²) in [5, 5.41) is 3.54. The van der Waals surface area contributed by atoms with Crippen LogP contribution in [0, 0.1) is 5.92 Å². The van der Waals surface area contributed by atoms with Crippen LogP contribution in [0.5, 0.6) is 0 Å². The van der Waals surface area contributed by atoms with Crippen molar-refractivity contribution in [3.8, 4) is 0 Å². The topological polar surface area (TPSA) is 45.2 Å². The van der Waals surface area contributed by atoms with Gasteiger partial charge < -0.3 is 10.2 Å². The summed E-state index contributed by atoms with van der Waals surface area (Å²) in [5.74, 6) is 1.10. The predicted molar refractivity (Wildman–Crippen MR) is 82.3 cm³/mol. The molecule has 110 valence electrons. The first kappa shape index (κ1) is 15.1. The van der Waals surface area contributed by atoms with Crippen LogP contribution in [-0.2, 0) is 0 Å². The van der Waals surface area contributed by atoms with Crippen LogP contribution in [0.3, 0.4) is 0 Å². The minimum absolute atomic E-state index is 0.0500. The van der Waals surface area contributed by atoms with Crippen molar-refractivity contribution in [1.82, 2.24) is 9.88 Å². The quantitative estimate of drug-likeness (QED) is 0.925. The second-order valence-electron chi connectivity index (χ2n) is 5.51. The van der Waals surface area contributed by atoms with Crippen molar-refractivity contribution < 1.29 is 4.79 Å². The van der Waals surface area contributed by atoms with Gasteiger partial charge in [-0.3, -0.25) is 4.79 Å². The number of hydrogen-bond acceptors (Lipinski definition) is 3. The number of rotatable bonds is 4. The summed E-state index contributed by atoms with van der Waals surface area (Å²) in [5.41, 5.74) is 0.359. The van der Waals surface area contributed by atoms with Gasteiger partial charge in [-0.25, -0.2) is 4.98 Å². The van der Waals surface area contributed by atoms with Crippen LogP contribution < -0.4 is 5.32 Å². The Morgan fingerprint density at radius 2 is 2.30 bits per heavy atom. The number of aromatic nitrogens is 1. The first-order valence-corrected chi connectivity index (χ1v) is 7.63. The number of likely N-dealkylation sites (tertiary alicyclic amines) is 1. The average molecular weight is 296 g/mol. The number of carbonyl (C=O) groups is 1. The third kappa shape index (κ3) is 3.06. The molecule has 0 radical (unpaired) electrons. The molecule has 1 amide bonds. The molecule has 1 aliphatic rings. The van der Waals surface area contributed by atoms with E-state index >= 15 is 0 Å². The summed E-state index contributed by atoms with van der Waals surface area (Å²) in [4.78, 5) is 19.0. The first-order chi connectivity index (χ1) is 9.54. The summed E-state index contributed by atoms with van der Waals surface area (Å²) >= 11 is 6.16. The van der Waals surface area contributed by atoms with E-state index < -0.39 is 0 Å². The largest absolute Gasteiger partial charge is 0.370 e. The molecule has 0 aliphatic carbocycles. The fourth-order valence-electron chi connectivity index (χ4n) is 2.75. The fourth-order valence-corrected chi connectivity index (χ4v) is 2.93. The van der Waals surface area contributed by atoms with Gasteiger partial charge in [-0.2, -0.15) is 0 Å². The summed E-state index contributed by atoms with van der Waals surface area (Å²) in [7, 11) is 0. The highest BCUT2D eigenvalue weighted by atomic mass is 35.5. The van der Waals surface area contributed by atoms with Crippen molar-refractivity contribution in [3.63, 3.8) is 0 Å². The molecule has 0 spiro atoms. The standard InChI is InChI=1S/C15H22ClN3O/c1-4-17-13-8-7-11(16)14(18-13)15(20)19-9-5-6-12(19)10(2)3/h7-8,10,12H,4-6,9H2,1-3H3,(H,17,18). The van der Waals surface area contributed by atoms with E-state index in [0.717, 1.165) is 25.9 Å². The van der Waals surface area contributed by atoms with E-state index in [1.54, 1.807) is 12.1 Å². The van der Waals surface area contributed by atoms with E-state index in [4.69, 9.17) is 11.6 Å². The van der Waals surface area contributed by atoms with Gasteiger partial charge in [-0.15, -0.1) is 0 Å². The Kier molecular flexibility index (Phi) is 4.86. The van der Waals surface area contributed by atoms with Gasteiger partial charge in [-0.05, 0) is 37.8 Å². The van der Waals surface area contributed by atoms with Crippen molar-refractivity contribution in [3.05, 3.63) is 22.8 Å². The van der Waals surface area contributed by atoms with E-state index in [-0.39, 0.29) is 5.91 Å². The molecule has 1 aromatic rings. The maximum atomic E-state index is 12.7. The molecule has 0 bridgehead atoms. The Hall–Kier alpha value is -1.29. The van der Waals surface area contributed by atoms with Crippen molar-refractivity contribution in [2.24, 2.45) is 5.92 Å². The summed E-state index contributed by atoms with van der Waals surface area (Å²) in [6.07, 6.45) is 2.12. The van der Waals surface area contributed by atoms with Gasteiger partial charge in [-0.1, -0.05) is 25.4 Å². The Balaban J connectivity index is 2.26. The molecule has 1 aromatic heterocycles. The van der Waals surface area contributed by atoms with Gasteiger partial charge in [0.05, 0.1) is 5.02 Å². The average Bonchev–Trinajstić information content (AvgIpc) is 2.90. The minimum Gasteiger partial charge on any atom is -0.370 e. The Labute approximate surface area is 125 Å². The number of hydrogen-bond donors (Lipinski definition) is 1. The molecule has 0 saturated carbocycles. The van der Waals surface area contributed by atoms with Crippen molar-refractivity contribution in [2.75, 3.05) is 18.4 Å². The van der Waals surface area contributed by atoms with Crippen LogP contribution in [0.1, 0.15) is 44.1 Å². The molecule has 20 heavy (non-hydrogen) atoms. The molecule has 1 aliphatic heterocycles. The zero-order valence-electron chi connectivity index (χ0n) is 12.3. The van der Waals surface area contributed by atoms with Gasteiger partial charge in [0, 0.05) is 19.1 Å². The molecule has 5 heteroatoms. The Morgan fingerprint density at radius 3 is 2.95 bits per heavy atom. The lowest BCUT2D eigenvalue weighted by Crippen LogP contribution is -2.39. The van der Waals surface area contributed by atoms with Crippen LogP contribution in [0.2, 0.25) is 5.02 Å². The summed E-state index contributed by atoms with van der Waals surface area (Å²) in [6.45, 7) is 7.86. The molecule has 1 saturated heterocycles. The number of halogens is 1. The number of nitrogens with one attached hydrogen (secondary N) is 1. The van der Waals surface area contributed by atoms with Crippen LogP contribution in [0.15, 0.2) is 12.1 Å². The lowest BCUT2D eigenvalue weighted by molar-refractivity contribution is 0.0696.